The molecule has 276 valence electrons. The lowest BCUT2D eigenvalue weighted by Gasteiger charge is -2.27. The van der Waals surface area contributed by atoms with Crippen LogP contribution in [0.5, 0.6) is 0 Å². The van der Waals surface area contributed by atoms with Crippen LogP contribution in [0.3, 0.4) is 0 Å². The van der Waals surface area contributed by atoms with Crippen LogP contribution in [0.15, 0.2) is 217 Å². The van der Waals surface area contributed by atoms with E-state index in [0.29, 0.717) is 5.89 Å². The minimum Gasteiger partial charge on any atom is -0.435 e. The summed E-state index contributed by atoms with van der Waals surface area (Å²) in [5.74, 6) is 0.629. The third-order valence-electron chi connectivity index (χ3n) is 11.7. The highest BCUT2D eigenvalue weighted by Gasteiger charge is 2.19. The summed E-state index contributed by atoms with van der Waals surface area (Å²) in [4.78, 5) is 7.32. The van der Waals surface area contributed by atoms with Crippen molar-refractivity contribution in [1.29, 1.82) is 0 Å². The van der Waals surface area contributed by atoms with Crippen LogP contribution in [-0.2, 0) is 0 Å². The summed E-state index contributed by atoms with van der Waals surface area (Å²) in [5, 5.41) is 9.33. The van der Waals surface area contributed by atoms with Gasteiger partial charge in [-0.3, -0.25) is 0 Å². The van der Waals surface area contributed by atoms with Gasteiger partial charge in [0, 0.05) is 49.9 Å². The Balaban J connectivity index is 1.07. The summed E-state index contributed by atoms with van der Waals surface area (Å²) in [5.41, 5.74) is 11.7. The van der Waals surface area contributed by atoms with E-state index in [9.17, 15) is 0 Å². The summed E-state index contributed by atoms with van der Waals surface area (Å²) < 4.78 is 9.01. The van der Waals surface area contributed by atoms with Crippen molar-refractivity contribution in [3.63, 3.8) is 0 Å². The molecule has 0 N–H and O–H groups in total. The van der Waals surface area contributed by atoms with Crippen molar-refractivity contribution in [3.05, 3.63) is 212 Å². The number of nitrogens with zero attached hydrogens (tertiary/aromatic N) is 3. The van der Waals surface area contributed by atoms with E-state index in [1.165, 1.54) is 38.1 Å². The van der Waals surface area contributed by atoms with Gasteiger partial charge < -0.3 is 13.9 Å². The van der Waals surface area contributed by atoms with Gasteiger partial charge in [-0.05, 0) is 105 Å². The Hall–Kier alpha value is -7.95. The van der Waals surface area contributed by atoms with Gasteiger partial charge >= 0.3 is 0 Å². The van der Waals surface area contributed by atoms with E-state index in [2.05, 4.69) is 191 Å². The first kappa shape index (κ1) is 33.2. The zero-order valence-electron chi connectivity index (χ0n) is 32.0. The van der Waals surface area contributed by atoms with Crippen LogP contribution in [0.2, 0.25) is 0 Å². The van der Waals surface area contributed by atoms with E-state index in [4.69, 9.17) is 9.40 Å². The summed E-state index contributed by atoms with van der Waals surface area (Å²) >= 11 is 0. The molecule has 0 saturated heterocycles. The maximum absolute atomic E-state index is 6.62. The van der Waals surface area contributed by atoms with Gasteiger partial charge in [-0.15, -0.1) is 0 Å². The van der Waals surface area contributed by atoms with Crippen molar-refractivity contribution in [2.45, 2.75) is 0 Å². The summed E-state index contributed by atoms with van der Waals surface area (Å²) in [7, 11) is 0. The molecule has 0 atom stereocenters. The maximum Gasteiger partial charge on any atom is 0.227 e. The highest BCUT2D eigenvalue weighted by molar-refractivity contribution is 6.26. The Kier molecular flexibility index (Phi) is 7.50. The van der Waals surface area contributed by atoms with Gasteiger partial charge in [-0.25, -0.2) is 4.98 Å². The average molecular weight is 754 g/mol. The van der Waals surface area contributed by atoms with Crippen LogP contribution in [0, 0.1) is 0 Å². The third-order valence-corrected chi connectivity index (χ3v) is 11.7. The molecule has 12 rings (SSSR count). The number of anilines is 3. The van der Waals surface area contributed by atoms with Crippen molar-refractivity contribution >= 4 is 82.3 Å². The molecule has 0 aliphatic carbocycles. The van der Waals surface area contributed by atoms with E-state index >= 15 is 0 Å². The molecule has 0 fully saturated rings. The van der Waals surface area contributed by atoms with Gasteiger partial charge in [0.15, 0.2) is 5.58 Å². The van der Waals surface area contributed by atoms with E-state index < -0.39 is 0 Å². The minimum atomic E-state index is 0.629. The zero-order chi connectivity index (χ0) is 38.9. The molecule has 2 heterocycles. The fourth-order valence-corrected chi connectivity index (χ4v) is 9.05. The Bertz CT molecular complexity index is 3510. The number of fused-ring (bicyclic) bond motifs is 10. The molecule has 0 radical (unpaired) electrons. The standard InChI is InChI=1S/C55H35N3O/c1-3-13-36(14-4-1)40-17-11-18-42(33-40)57(43-19-12-20-44(35-43)58-50-23-9-7-21-47(50)48-22-8-10-24-51(48)58)45-30-31-46-41(34-45)28-27-37-25-26-38-29-32-49-54(53(38)52(37)46)59-55(56-49)39-15-5-2-6-16-39/h1-35H. The minimum absolute atomic E-state index is 0.629. The van der Waals surface area contributed by atoms with Gasteiger partial charge in [0.1, 0.15) is 5.52 Å². The number of hydrogen-bond acceptors (Lipinski definition) is 3. The van der Waals surface area contributed by atoms with Crippen LogP contribution in [-0.4, -0.2) is 9.55 Å². The van der Waals surface area contributed by atoms with Gasteiger partial charge in [0.25, 0.3) is 0 Å². The Morgan fingerprint density at radius 3 is 1.71 bits per heavy atom. The first-order valence-corrected chi connectivity index (χ1v) is 20.0. The fourth-order valence-electron chi connectivity index (χ4n) is 9.05. The van der Waals surface area contributed by atoms with Crippen LogP contribution >= 0.6 is 0 Å². The SMILES string of the molecule is c1ccc(-c2cccc(N(c3cccc(-n4c5ccccc5c5ccccc54)c3)c3ccc4c(ccc5ccc6ccc7nc(-c8ccccc8)oc7c6c54)c3)c2)cc1. The molecule has 0 bridgehead atoms. The van der Waals surface area contributed by atoms with E-state index in [-0.39, 0.29) is 0 Å². The highest BCUT2D eigenvalue weighted by atomic mass is 16.3. The molecule has 0 aliphatic rings. The van der Waals surface area contributed by atoms with Gasteiger partial charge in [0.2, 0.25) is 5.89 Å². The zero-order valence-corrected chi connectivity index (χ0v) is 32.0. The number of hydrogen-bond donors (Lipinski definition) is 0. The highest BCUT2D eigenvalue weighted by Crippen LogP contribution is 2.43. The molecule has 2 aromatic heterocycles. The number of aromatic nitrogens is 2. The second-order valence-corrected chi connectivity index (χ2v) is 15.2. The predicted octanol–water partition coefficient (Wildman–Crippen LogP) is 15.2. The molecule has 59 heavy (non-hydrogen) atoms. The second-order valence-electron chi connectivity index (χ2n) is 15.2. The Morgan fingerprint density at radius 1 is 0.390 bits per heavy atom. The topological polar surface area (TPSA) is 34.2 Å². The van der Waals surface area contributed by atoms with Gasteiger partial charge in [-0.2, -0.15) is 0 Å². The van der Waals surface area contributed by atoms with Crippen LogP contribution in [0.4, 0.5) is 17.1 Å². The largest absolute Gasteiger partial charge is 0.435 e. The van der Waals surface area contributed by atoms with Crippen molar-refractivity contribution in [2.24, 2.45) is 0 Å². The summed E-state index contributed by atoms with van der Waals surface area (Å²) in [6.07, 6.45) is 0. The van der Waals surface area contributed by atoms with Crippen molar-refractivity contribution in [2.75, 3.05) is 4.90 Å². The van der Waals surface area contributed by atoms with Crippen molar-refractivity contribution in [3.8, 4) is 28.3 Å². The smallest absolute Gasteiger partial charge is 0.227 e. The first-order valence-electron chi connectivity index (χ1n) is 20.0. The number of rotatable bonds is 6. The molecule has 10 aromatic carbocycles. The van der Waals surface area contributed by atoms with E-state index in [1.54, 1.807) is 0 Å². The Labute approximate surface area is 340 Å². The first-order chi connectivity index (χ1) is 29.2. The van der Waals surface area contributed by atoms with Crippen molar-refractivity contribution in [1.82, 2.24) is 9.55 Å². The molecular formula is C55H35N3O. The lowest BCUT2D eigenvalue weighted by Crippen LogP contribution is -2.10. The fraction of sp³-hybridized carbons (Fsp3) is 0. The molecule has 0 spiro atoms. The lowest BCUT2D eigenvalue weighted by atomic mass is 9.95. The van der Waals surface area contributed by atoms with Crippen LogP contribution < -0.4 is 4.90 Å². The number of benzene rings is 10. The molecule has 4 heteroatoms. The molecule has 0 aliphatic heterocycles. The molecule has 4 nitrogen and oxygen atoms in total. The second kappa shape index (κ2) is 13.3. The number of para-hydroxylation sites is 2. The lowest BCUT2D eigenvalue weighted by molar-refractivity contribution is 0.623. The normalized spacial score (nSPS) is 11.7. The van der Waals surface area contributed by atoms with E-state index in [0.717, 1.165) is 66.5 Å². The van der Waals surface area contributed by atoms with Crippen LogP contribution in [0.1, 0.15) is 0 Å². The summed E-state index contributed by atoms with van der Waals surface area (Å²) in [6.45, 7) is 0. The summed E-state index contributed by atoms with van der Waals surface area (Å²) in [6, 6.07) is 75.9. The molecule has 0 saturated carbocycles. The van der Waals surface area contributed by atoms with Crippen LogP contribution in [0.25, 0.3) is 93.5 Å². The number of oxazole rings is 1. The molecule has 12 aromatic rings. The quantitative estimate of drug-likeness (QED) is 0.159. The molecular weight excluding hydrogens is 719 g/mol. The predicted molar refractivity (Wildman–Crippen MR) is 246 cm³/mol. The van der Waals surface area contributed by atoms with Crippen molar-refractivity contribution < 1.29 is 4.42 Å². The molecule has 0 amide bonds. The van der Waals surface area contributed by atoms with E-state index in [1.807, 2.05) is 30.3 Å². The van der Waals surface area contributed by atoms with Gasteiger partial charge in [0.05, 0.1) is 11.0 Å². The third kappa shape index (κ3) is 5.42. The Morgan fingerprint density at radius 2 is 0.966 bits per heavy atom. The maximum atomic E-state index is 6.62. The molecule has 0 unspecified atom stereocenters. The monoisotopic (exact) mass is 753 g/mol. The average Bonchev–Trinajstić information content (AvgIpc) is 3.90. The van der Waals surface area contributed by atoms with Gasteiger partial charge in [-0.1, -0.05) is 140 Å².